The van der Waals surface area contributed by atoms with Crippen LogP contribution in [0.25, 0.3) is 0 Å². The molecule has 21 heavy (non-hydrogen) atoms. The topological polar surface area (TPSA) is 36.4 Å². The maximum Gasteiger partial charge on any atom is 0.0928 e. The second kappa shape index (κ2) is 7.70. The number of thiazole rings is 1. The van der Waals surface area contributed by atoms with E-state index in [0.29, 0.717) is 6.61 Å². The Balaban J connectivity index is 1.85. The number of hydrogen-bond donors (Lipinski definition) is 1. The van der Waals surface area contributed by atoms with Crippen molar-refractivity contribution in [2.24, 2.45) is 11.3 Å². The van der Waals surface area contributed by atoms with E-state index >= 15 is 0 Å². The summed E-state index contributed by atoms with van der Waals surface area (Å²) in [6, 6.07) is 0. The smallest absolute Gasteiger partial charge is 0.0928 e. The van der Waals surface area contributed by atoms with Gasteiger partial charge in [-0.05, 0) is 38.1 Å². The fourth-order valence-electron chi connectivity index (χ4n) is 3.28. The summed E-state index contributed by atoms with van der Waals surface area (Å²) in [6.07, 6.45) is 5.75. The van der Waals surface area contributed by atoms with Gasteiger partial charge in [0.05, 0.1) is 10.7 Å². The van der Waals surface area contributed by atoms with Crippen LogP contribution in [0.1, 0.15) is 57.2 Å². The summed E-state index contributed by atoms with van der Waals surface area (Å²) in [6.45, 7) is 10.1. The Hall–Kier alpha value is -0.450. The molecule has 0 aromatic carbocycles. The van der Waals surface area contributed by atoms with Crippen LogP contribution < -0.4 is 0 Å². The first-order chi connectivity index (χ1) is 10.1. The number of hydrogen-bond acceptors (Lipinski definition) is 4. The Kier molecular flexibility index (Phi) is 6.20. The van der Waals surface area contributed by atoms with E-state index < -0.39 is 0 Å². The molecule has 1 aliphatic heterocycles. The van der Waals surface area contributed by atoms with Crippen molar-refractivity contribution in [3.05, 3.63) is 16.1 Å². The Morgan fingerprint density at radius 2 is 2.29 bits per heavy atom. The fraction of sp³-hybridized carbons (Fsp3) is 0.824. The van der Waals surface area contributed by atoms with Crippen LogP contribution in [0, 0.1) is 11.3 Å². The van der Waals surface area contributed by atoms with Gasteiger partial charge in [-0.3, -0.25) is 4.90 Å². The van der Waals surface area contributed by atoms with Crippen LogP contribution in [0.3, 0.4) is 0 Å². The molecule has 1 N–H and O–H groups in total. The second-order valence-electron chi connectivity index (χ2n) is 7.03. The molecule has 120 valence electrons. The standard InChI is InChI=1S/C17H30N2OS/c1-4-7-17(13-20)8-9-19(12-17)10-15-11-21-16(18-15)6-5-14(2)3/h11,14,20H,4-10,12-13H2,1-3H3/t17-/m0/s1. The molecule has 4 heteroatoms. The summed E-state index contributed by atoms with van der Waals surface area (Å²) >= 11 is 1.80. The van der Waals surface area contributed by atoms with E-state index in [1.54, 1.807) is 11.3 Å². The van der Waals surface area contributed by atoms with Crippen molar-refractivity contribution in [3.63, 3.8) is 0 Å². The molecule has 0 spiro atoms. The van der Waals surface area contributed by atoms with Crippen LogP contribution in [0.5, 0.6) is 0 Å². The van der Waals surface area contributed by atoms with Crippen LogP contribution in [0.4, 0.5) is 0 Å². The van der Waals surface area contributed by atoms with Crippen molar-refractivity contribution in [1.82, 2.24) is 9.88 Å². The lowest BCUT2D eigenvalue weighted by atomic mass is 9.83. The van der Waals surface area contributed by atoms with Crippen LogP contribution in [0.2, 0.25) is 0 Å². The zero-order chi connectivity index (χ0) is 15.3. The first-order valence-corrected chi connectivity index (χ1v) is 9.21. The molecule has 1 aliphatic rings. The molecule has 3 nitrogen and oxygen atoms in total. The summed E-state index contributed by atoms with van der Waals surface area (Å²) in [5.41, 5.74) is 1.36. The largest absolute Gasteiger partial charge is 0.396 e. The molecule has 2 rings (SSSR count). The third kappa shape index (κ3) is 4.76. The number of aliphatic hydroxyl groups is 1. The van der Waals surface area contributed by atoms with Gasteiger partial charge >= 0.3 is 0 Å². The van der Waals surface area contributed by atoms with Gasteiger partial charge < -0.3 is 5.11 Å². The lowest BCUT2D eigenvalue weighted by Gasteiger charge is -2.26. The number of aromatic nitrogens is 1. The fourth-order valence-corrected chi connectivity index (χ4v) is 4.09. The van der Waals surface area contributed by atoms with Gasteiger partial charge in [-0.2, -0.15) is 0 Å². The van der Waals surface area contributed by atoms with Gasteiger partial charge in [0.2, 0.25) is 0 Å². The number of rotatable bonds is 8. The lowest BCUT2D eigenvalue weighted by molar-refractivity contribution is 0.117. The molecule has 0 aliphatic carbocycles. The highest BCUT2D eigenvalue weighted by molar-refractivity contribution is 7.09. The zero-order valence-corrected chi connectivity index (χ0v) is 14.6. The summed E-state index contributed by atoms with van der Waals surface area (Å²) < 4.78 is 0. The van der Waals surface area contributed by atoms with E-state index in [1.807, 2.05) is 0 Å². The molecular weight excluding hydrogens is 280 g/mol. The average Bonchev–Trinajstić information content (AvgIpc) is 3.05. The molecule has 1 atom stereocenters. The van der Waals surface area contributed by atoms with Gasteiger partial charge in [0.25, 0.3) is 0 Å². The first kappa shape index (κ1) is 16.9. The van der Waals surface area contributed by atoms with Gasteiger partial charge in [0, 0.05) is 30.5 Å². The molecule has 0 amide bonds. The predicted molar refractivity (Wildman–Crippen MR) is 89.6 cm³/mol. The van der Waals surface area contributed by atoms with Gasteiger partial charge in [-0.15, -0.1) is 11.3 Å². The molecule has 1 saturated heterocycles. The van der Waals surface area contributed by atoms with Gasteiger partial charge in [0.15, 0.2) is 0 Å². The molecule has 1 aromatic rings. The summed E-state index contributed by atoms with van der Waals surface area (Å²) in [5, 5.41) is 13.2. The Bertz CT molecular complexity index is 432. The van der Waals surface area contributed by atoms with Crippen LogP contribution >= 0.6 is 11.3 Å². The maximum absolute atomic E-state index is 9.72. The van der Waals surface area contributed by atoms with Crippen molar-refractivity contribution in [2.75, 3.05) is 19.7 Å². The minimum atomic E-state index is 0.144. The third-order valence-electron chi connectivity index (χ3n) is 4.55. The van der Waals surface area contributed by atoms with Crippen LogP contribution in [0.15, 0.2) is 5.38 Å². The monoisotopic (exact) mass is 310 g/mol. The average molecular weight is 311 g/mol. The van der Waals surface area contributed by atoms with Gasteiger partial charge in [-0.1, -0.05) is 27.2 Å². The Labute approximate surface area is 133 Å². The van der Waals surface area contributed by atoms with Crippen molar-refractivity contribution in [2.45, 2.75) is 59.4 Å². The predicted octanol–water partition coefficient (Wildman–Crippen LogP) is 3.72. The minimum Gasteiger partial charge on any atom is -0.396 e. The van der Waals surface area contributed by atoms with Gasteiger partial charge in [0.1, 0.15) is 0 Å². The summed E-state index contributed by atoms with van der Waals surface area (Å²) in [7, 11) is 0. The SMILES string of the molecule is CCC[C@]1(CO)CCN(Cc2csc(CCC(C)C)n2)C1. The van der Waals surface area contributed by atoms with E-state index in [9.17, 15) is 5.11 Å². The molecule has 0 bridgehead atoms. The summed E-state index contributed by atoms with van der Waals surface area (Å²) in [5.74, 6) is 0.746. The van der Waals surface area contributed by atoms with Crippen molar-refractivity contribution >= 4 is 11.3 Å². The Morgan fingerprint density at radius 1 is 1.48 bits per heavy atom. The molecular formula is C17H30N2OS. The van der Waals surface area contributed by atoms with E-state index in [-0.39, 0.29) is 5.41 Å². The minimum absolute atomic E-state index is 0.144. The van der Waals surface area contributed by atoms with Crippen LogP contribution in [-0.2, 0) is 13.0 Å². The highest BCUT2D eigenvalue weighted by atomic mass is 32.1. The van der Waals surface area contributed by atoms with Crippen LogP contribution in [-0.4, -0.2) is 34.7 Å². The third-order valence-corrected chi connectivity index (χ3v) is 5.51. The molecule has 0 saturated carbocycles. The second-order valence-corrected chi connectivity index (χ2v) is 7.98. The van der Waals surface area contributed by atoms with E-state index in [0.717, 1.165) is 51.2 Å². The first-order valence-electron chi connectivity index (χ1n) is 8.33. The molecule has 0 radical (unpaired) electrons. The Morgan fingerprint density at radius 3 is 2.95 bits per heavy atom. The maximum atomic E-state index is 9.72. The zero-order valence-electron chi connectivity index (χ0n) is 13.8. The molecule has 1 aromatic heterocycles. The number of likely N-dealkylation sites (tertiary alicyclic amines) is 1. The molecule has 0 unspecified atom stereocenters. The normalized spacial score (nSPS) is 23.3. The number of aliphatic hydroxyl groups excluding tert-OH is 1. The molecule has 2 heterocycles. The lowest BCUT2D eigenvalue weighted by Crippen LogP contribution is -2.30. The van der Waals surface area contributed by atoms with Crippen molar-refractivity contribution in [1.29, 1.82) is 0 Å². The number of aryl methyl sites for hydroxylation is 1. The van der Waals surface area contributed by atoms with E-state index in [4.69, 9.17) is 4.98 Å². The van der Waals surface area contributed by atoms with E-state index in [2.05, 4.69) is 31.1 Å². The van der Waals surface area contributed by atoms with Crippen molar-refractivity contribution in [3.8, 4) is 0 Å². The quantitative estimate of drug-likeness (QED) is 0.795. The van der Waals surface area contributed by atoms with Gasteiger partial charge in [-0.25, -0.2) is 4.98 Å². The van der Waals surface area contributed by atoms with Crippen molar-refractivity contribution < 1.29 is 5.11 Å². The number of nitrogens with zero attached hydrogens (tertiary/aromatic N) is 2. The molecule has 1 fully saturated rings. The highest BCUT2D eigenvalue weighted by Gasteiger charge is 2.36. The summed E-state index contributed by atoms with van der Waals surface area (Å²) in [4.78, 5) is 7.25. The highest BCUT2D eigenvalue weighted by Crippen LogP contribution is 2.35. The van der Waals surface area contributed by atoms with E-state index in [1.165, 1.54) is 17.1 Å².